The maximum atomic E-state index is 13.8. The molecule has 1 N–H and O–H groups in total. The van der Waals surface area contributed by atoms with Gasteiger partial charge in [-0.2, -0.15) is 5.26 Å². The fourth-order valence-electron chi connectivity index (χ4n) is 4.18. The molecule has 5 rings (SSSR count). The first-order chi connectivity index (χ1) is 18.7. The number of benzene rings is 2. The van der Waals surface area contributed by atoms with E-state index in [2.05, 4.69) is 9.97 Å². The van der Waals surface area contributed by atoms with Gasteiger partial charge in [0.25, 0.3) is 12.0 Å². The summed E-state index contributed by atoms with van der Waals surface area (Å²) in [6, 6.07) is 9.74. The second kappa shape index (κ2) is 10.4. The normalized spacial score (nSPS) is 11.3. The molecule has 0 amide bonds. The van der Waals surface area contributed by atoms with Crippen LogP contribution in [-0.4, -0.2) is 32.2 Å². The Morgan fingerprint density at radius 1 is 1.23 bits per heavy atom. The molecular formula is C26H14ClF3N4O4S. The van der Waals surface area contributed by atoms with E-state index in [4.69, 9.17) is 16.3 Å². The van der Waals surface area contributed by atoms with Crippen molar-refractivity contribution in [2.24, 2.45) is 0 Å². The van der Waals surface area contributed by atoms with Crippen molar-refractivity contribution in [3.05, 3.63) is 86.1 Å². The molecule has 0 aliphatic heterocycles. The highest BCUT2D eigenvalue weighted by atomic mass is 35.5. The minimum atomic E-state index is -3.16. The fourth-order valence-corrected chi connectivity index (χ4v) is 5.38. The van der Waals surface area contributed by atoms with Gasteiger partial charge in [-0.15, -0.1) is 11.3 Å². The first-order valence-corrected chi connectivity index (χ1v) is 12.4. The molecule has 0 fully saturated rings. The molecule has 0 unspecified atom stereocenters. The fraction of sp³-hybridized carbons (Fsp3) is 0.115. The maximum Gasteiger partial charge on any atom is 0.338 e. The average molecular weight is 571 g/mol. The Kier molecular flexibility index (Phi) is 6.94. The maximum absolute atomic E-state index is 13.8. The van der Waals surface area contributed by atoms with Gasteiger partial charge >= 0.3 is 5.97 Å². The zero-order valence-electron chi connectivity index (χ0n) is 19.5. The molecule has 0 atom stereocenters. The number of aromatic carboxylic acids is 1. The molecule has 0 aliphatic carbocycles. The van der Waals surface area contributed by atoms with Crippen molar-refractivity contribution < 1.29 is 27.8 Å². The number of ether oxygens (including phenoxy) is 1. The van der Waals surface area contributed by atoms with E-state index in [0.29, 0.717) is 25.4 Å². The van der Waals surface area contributed by atoms with Crippen LogP contribution in [0.1, 0.15) is 28.2 Å². The quantitative estimate of drug-likeness (QED) is 0.253. The minimum absolute atomic E-state index is 0.0423. The summed E-state index contributed by atoms with van der Waals surface area (Å²) in [4.78, 5) is 32.6. The molecular weight excluding hydrogens is 557 g/mol. The highest BCUT2D eigenvalue weighted by Crippen LogP contribution is 2.39. The average Bonchev–Trinajstić information content (AvgIpc) is 3.34. The number of fused-ring (bicyclic) bond motifs is 2. The summed E-state index contributed by atoms with van der Waals surface area (Å²) in [5.74, 6) is -2.61. The van der Waals surface area contributed by atoms with E-state index in [1.165, 1.54) is 22.9 Å². The number of carboxylic acid groups (broad SMARTS) is 1. The Morgan fingerprint density at radius 3 is 2.74 bits per heavy atom. The van der Waals surface area contributed by atoms with Gasteiger partial charge in [0.05, 0.1) is 38.8 Å². The van der Waals surface area contributed by atoms with Crippen molar-refractivity contribution >= 4 is 50.0 Å². The summed E-state index contributed by atoms with van der Waals surface area (Å²) in [7, 11) is 0. The van der Waals surface area contributed by atoms with Gasteiger partial charge in [0.15, 0.2) is 5.82 Å². The van der Waals surface area contributed by atoms with Crippen LogP contribution >= 0.6 is 22.9 Å². The van der Waals surface area contributed by atoms with Crippen LogP contribution in [0.5, 0.6) is 5.75 Å². The molecule has 0 saturated heterocycles. The number of hydrogen-bond acceptors (Lipinski definition) is 7. The van der Waals surface area contributed by atoms with E-state index in [1.54, 1.807) is 30.3 Å². The van der Waals surface area contributed by atoms with Crippen molar-refractivity contribution in [3.8, 4) is 22.9 Å². The van der Waals surface area contributed by atoms with E-state index in [0.717, 1.165) is 12.1 Å². The minimum Gasteiger partial charge on any atom is -0.491 e. The van der Waals surface area contributed by atoms with E-state index < -0.39 is 29.6 Å². The van der Waals surface area contributed by atoms with Crippen molar-refractivity contribution in [2.75, 3.05) is 6.61 Å². The van der Waals surface area contributed by atoms with Crippen LogP contribution in [0.2, 0.25) is 5.02 Å². The van der Waals surface area contributed by atoms with Crippen LogP contribution in [0.15, 0.2) is 52.8 Å². The van der Waals surface area contributed by atoms with Gasteiger partial charge in [0.2, 0.25) is 0 Å². The summed E-state index contributed by atoms with van der Waals surface area (Å²) < 4.78 is 48.6. The summed E-state index contributed by atoms with van der Waals surface area (Å²) in [5.41, 5.74) is -0.180. The first-order valence-electron chi connectivity index (χ1n) is 11.1. The summed E-state index contributed by atoms with van der Waals surface area (Å²) in [6.45, 7) is -0.622. The Bertz CT molecular complexity index is 1880. The van der Waals surface area contributed by atoms with E-state index in [9.17, 15) is 33.1 Å². The molecule has 0 radical (unpaired) electrons. The molecule has 8 nitrogen and oxygen atoms in total. The zero-order chi connectivity index (χ0) is 27.8. The van der Waals surface area contributed by atoms with Crippen molar-refractivity contribution in [1.82, 2.24) is 14.5 Å². The summed E-state index contributed by atoms with van der Waals surface area (Å²) in [6.07, 6.45) is -1.71. The Hall–Kier alpha value is -4.47. The number of carbonyl (C=O) groups is 1. The molecule has 39 heavy (non-hydrogen) atoms. The van der Waals surface area contributed by atoms with E-state index in [-0.39, 0.29) is 46.4 Å². The molecule has 196 valence electrons. The molecule has 0 bridgehead atoms. The third-order valence-corrected chi connectivity index (χ3v) is 7.10. The standard InChI is InChI=1S/C26H14ClF3N4O4S/c27-13-1-2-19(16(8-13)15-3-4-32-21-17(26(36)37)11-39-22(15)21)38-6-5-34-24(23(29)30)33-18-9-14(28)7-12(10-31)20(18)25(34)35/h1-4,7-9,11,23H,5-6H2,(H,36,37). The molecule has 3 aromatic heterocycles. The molecule has 5 aromatic rings. The predicted molar refractivity (Wildman–Crippen MR) is 138 cm³/mol. The number of rotatable bonds is 7. The molecule has 13 heteroatoms. The monoisotopic (exact) mass is 570 g/mol. The van der Waals surface area contributed by atoms with Gasteiger partial charge in [-0.05, 0) is 30.3 Å². The topological polar surface area (TPSA) is 118 Å². The summed E-state index contributed by atoms with van der Waals surface area (Å²) in [5, 5.41) is 20.3. The first kappa shape index (κ1) is 26.1. The second-order valence-electron chi connectivity index (χ2n) is 8.17. The van der Waals surface area contributed by atoms with Crippen molar-refractivity contribution in [1.29, 1.82) is 5.26 Å². The van der Waals surface area contributed by atoms with Crippen LogP contribution in [-0.2, 0) is 6.54 Å². The summed E-state index contributed by atoms with van der Waals surface area (Å²) >= 11 is 7.40. The SMILES string of the molecule is N#Cc1cc(F)cc2nc(C(F)F)n(CCOc3ccc(Cl)cc3-c3ccnc4c(C(=O)O)csc34)c(=O)c12. The number of hydrogen-bond donors (Lipinski definition) is 1. The van der Waals surface area contributed by atoms with E-state index in [1.807, 2.05) is 0 Å². The highest BCUT2D eigenvalue weighted by molar-refractivity contribution is 7.18. The third kappa shape index (κ3) is 4.78. The van der Waals surface area contributed by atoms with Gasteiger partial charge in [-0.1, -0.05) is 11.6 Å². The number of carboxylic acids is 1. The largest absolute Gasteiger partial charge is 0.491 e. The number of halogens is 4. The Labute approximate surface area is 226 Å². The smallest absolute Gasteiger partial charge is 0.338 e. The van der Waals surface area contributed by atoms with Crippen molar-refractivity contribution in [3.63, 3.8) is 0 Å². The van der Waals surface area contributed by atoms with Crippen LogP contribution in [0.3, 0.4) is 0 Å². The molecule has 0 spiro atoms. The van der Waals surface area contributed by atoms with Crippen molar-refractivity contribution in [2.45, 2.75) is 13.0 Å². The zero-order valence-corrected chi connectivity index (χ0v) is 21.1. The highest BCUT2D eigenvalue weighted by Gasteiger charge is 2.22. The lowest BCUT2D eigenvalue weighted by atomic mass is 10.0. The van der Waals surface area contributed by atoms with Crippen LogP contribution in [0.25, 0.3) is 32.2 Å². The molecule has 3 heterocycles. The van der Waals surface area contributed by atoms with Gasteiger partial charge in [-0.3, -0.25) is 14.3 Å². The van der Waals surface area contributed by atoms with Crippen LogP contribution in [0.4, 0.5) is 13.2 Å². The molecule has 0 aliphatic rings. The Morgan fingerprint density at radius 2 is 2.03 bits per heavy atom. The number of nitrogens with zero attached hydrogens (tertiary/aromatic N) is 4. The lowest BCUT2D eigenvalue weighted by Crippen LogP contribution is -2.28. The lowest BCUT2D eigenvalue weighted by Gasteiger charge is -2.16. The molecule has 0 saturated carbocycles. The van der Waals surface area contributed by atoms with Gasteiger partial charge in [0.1, 0.15) is 24.2 Å². The number of aromatic nitrogens is 3. The number of nitriles is 1. The van der Waals surface area contributed by atoms with Gasteiger partial charge in [-0.25, -0.2) is 22.9 Å². The Balaban J connectivity index is 1.52. The lowest BCUT2D eigenvalue weighted by molar-refractivity contribution is 0.0699. The van der Waals surface area contributed by atoms with Gasteiger partial charge in [0, 0.05) is 33.8 Å². The van der Waals surface area contributed by atoms with E-state index >= 15 is 0 Å². The number of pyridine rings is 1. The third-order valence-electron chi connectivity index (χ3n) is 5.86. The number of thiophene rings is 1. The number of alkyl halides is 2. The van der Waals surface area contributed by atoms with Crippen LogP contribution in [0, 0.1) is 17.1 Å². The van der Waals surface area contributed by atoms with Gasteiger partial charge < -0.3 is 9.84 Å². The predicted octanol–water partition coefficient (Wildman–Crippen LogP) is 6.05. The molecule has 2 aromatic carbocycles. The van der Waals surface area contributed by atoms with Crippen LogP contribution < -0.4 is 10.3 Å². The second-order valence-corrected chi connectivity index (χ2v) is 9.48.